The van der Waals surface area contributed by atoms with E-state index < -0.39 is 0 Å². The van der Waals surface area contributed by atoms with Crippen molar-refractivity contribution in [2.24, 2.45) is 17.3 Å². The van der Waals surface area contributed by atoms with Crippen LogP contribution in [0, 0.1) is 24.2 Å². The Hall–Kier alpha value is -1.57. The van der Waals surface area contributed by atoms with E-state index >= 15 is 0 Å². The van der Waals surface area contributed by atoms with Gasteiger partial charge in [0, 0.05) is 0 Å². The van der Waals surface area contributed by atoms with Gasteiger partial charge < -0.3 is 4.74 Å². The standard InChI is InChI=1S/C20H28O2/c1-12(2)10-16-18(20(16,6)7)19(21)22-17-11-14(5)8-9-15(17)13(3)4/h8-11,13,16,18H,1-7H3/t16-,18-/m1/s1. The number of esters is 1. The van der Waals surface area contributed by atoms with E-state index in [1.54, 1.807) is 0 Å². The molecule has 1 aromatic carbocycles. The number of allylic oxidation sites excluding steroid dienone is 2. The Morgan fingerprint density at radius 3 is 2.45 bits per heavy atom. The minimum absolute atomic E-state index is 0.00380. The molecule has 1 aliphatic carbocycles. The summed E-state index contributed by atoms with van der Waals surface area (Å²) in [7, 11) is 0. The van der Waals surface area contributed by atoms with Gasteiger partial charge in [-0.05, 0) is 55.2 Å². The molecule has 1 fully saturated rings. The molecule has 0 unspecified atom stereocenters. The molecule has 0 amide bonds. The third-order valence-corrected chi connectivity index (χ3v) is 4.68. The van der Waals surface area contributed by atoms with Crippen LogP contribution in [0.2, 0.25) is 0 Å². The Labute approximate surface area is 134 Å². The van der Waals surface area contributed by atoms with E-state index in [9.17, 15) is 4.79 Å². The fraction of sp³-hybridized carbons (Fsp3) is 0.550. The number of aryl methyl sites for hydroxylation is 1. The first-order valence-electron chi connectivity index (χ1n) is 8.12. The molecule has 1 aromatic rings. The lowest BCUT2D eigenvalue weighted by atomic mass is 10.0. The number of carbonyl (C=O) groups is 1. The number of rotatable bonds is 4. The van der Waals surface area contributed by atoms with Crippen LogP contribution in [0.15, 0.2) is 29.8 Å². The molecular formula is C20H28O2. The van der Waals surface area contributed by atoms with Crippen molar-refractivity contribution in [1.29, 1.82) is 0 Å². The van der Waals surface area contributed by atoms with Gasteiger partial charge in [0.1, 0.15) is 5.75 Å². The Morgan fingerprint density at radius 1 is 1.27 bits per heavy atom. The lowest BCUT2D eigenvalue weighted by molar-refractivity contribution is -0.136. The average molecular weight is 300 g/mol. The van der Waals surface area contributed by atoms with Crippen molar-refractivity contribution >= 4 is 5.97 Å². The van der Waals surface area contributed by atoms with Gasteiger partial charge >= 0.3 is 5.97 Å². The first-order valence-corrected chi connectivity index (χ1v) is 8.12. The third-order valence-electron chi connectivity index (χ3n) is 4.68. The van der Waals surface area contributed by atoms with E-state index in [4.69, 9.17) is 4.74 Å². The van der Waals surface area contributed by atoms with Crippen LogP contribution in [-0.4, -0.2) is 5.97 Å². The number of benzene rings is 1. The van der Waals surface area contributed by atoms with Crippen LogP contribution in [0.3, 0.4) is 0 Å². The number of hydrogen-bond acceptors (Lipinski definition) is 2. The zero-order valence-corrected chi connectivity index (χ0v) is 14.9. The molecular weight excluding hydrogens is 272 g/mol. The second-order valence-electron chi connectivity index (χ2n) is 7.69. The summed E-state index contributed by atoms with van der Waals surface area (Å²) in [6.07, 6.45) is 2.20. The predicted molar refractivity (Wildman–Crippen MR) is 91.1 cm³/mol. The van der Waals surface area contributed by atoms with Gasteiger partial charge in [-0.3, -0.25) is 4.79 Å². The van der Waals surface area contributed by atoms with Crippen LogP contribution >= 0.6 is 0 Å². The quantitative estimate of drug-likeness (QED) is 0.430. The number of ether oxygens (including phenoxy) is 1. The molecule has 1 aliphatic rings. The molecule has 0 radical (unpaired) electrons. The summed E-state index contributed by atoms with van der Waals surface area (Å²) in [4.78, 5) is 12.6. The van der Waals surface area contributed by atoms with Crippen LogP contribution in [0.4, 0.5) is 0 Å². The highest BCUT2D eigenvalue weighted by atomic mass is 16.5. The van der Waals surface area contributed by atoms with Crippen LogP contribution in [0.5, 0.6) is 5.75 Å². The zero-order valence-electron chi connectivity index (χ0n) is 14.9. The molecule has 0 N–H and O–H groups in total. The largest absolute Gasteiger partial charge is 0.426 e. The maximum atomic E-state index is 12.6. The Morgan fingerprint density at radius 2 is 1.91 bits per heavy atom. The van der Waals surface area contributed by atoms with E-state index in [0.717, 1.165) is 16.9 Å². The van der Waals surface area contributed by atoms with E-state index in [-0.39, 0.29) is 23.2 Å². The van der Waals surface area contributed by atoms with E-state index in [1.165, 1.54) is 5.57 Å². The van der Waals surface area contributed by atoms with Gasteiger partial charge in [0.05, 0.1) is 5.92 Å². The smallest absolute Gasteiger partial charge is 0.315 e. The Bertz CT molecular complexity index is 604. The molecule has 22 heavy (non-hydrogen) atoms. The summed E-state index contributed by atoms with van der Waals surface area (Å²) in [5.74, 6) is 1.21. The molecule has 2 rings (SSSR count). The number of hydrogen-bond donors (Lipinski definition) is 0. The number of carbonyl (C=O) groups excluding carboxylic acids is 1. The van der Waals surface area contributed by atoms with Crippen molar-refractivity contribution in [2.45, 2.75) is 54.4 Å². The molecule has 2 atom stereocenters. The topological polar surface area (TPSA) is 26.3 Å². The summed E-state index contributed by atoms with van der Waals surface area (Å²) in [5, 5.41) is 0. The molecule has 2 heteroatoms. The SMILES string of the molecule is CC(C)=C[C@@H]1[C@H](C(=O)Oc2cc(C)ccc2C(C)C)C1(C)C. The van der Waals surface area contributed by atoms with Crippen LogP contribution in [0.1, 0.15) is 58.6 Å². The van der Waals surface area contributed by atoms with Crippen molar-refractivity contribution in [3.63, 3.8) is 0 Å². The summed E-state index contributed by atoms with van der Waals surface area (Å²) in [6.45, 7) is 14.7. The Kier molecular flexibility index (Phi) is 4.51. The highest BCUT2D eigenvalue weighted by molar-refractivity contribution is 5.80. The minimum Gasteiger partial charge on any atom is -0.426 e. The van der Waals surface area contributed by atoms with Crippen molar-refractivity contribution in [1.82, 2.24) is 0 Å². The van der Waals surface area contributed by atoms with Gasteiger partial charge in [-0.1, -0.05) is 51.5 Å². The predicted octanol–water partition coefficient (Wildman–Crippen LogP) is 5.26. The van der Waals surface area contributed by atoms with Crippen molar-refractivity contribution in [3.05, 3.63) is 41.0 Å². The lowest BCUT2D eigenvalue weighted by Crippen LogP contribution is -2.15. The molecule has 2 nitrogen and oxygen atoms in total. The van der Waals surface area contributed by atoms with Gasteiger partial charge in [-0.2, -0.15) is 0 Å². The Balaban J connectivity index is 2.20. The van der Waals surface area contributed by atoms with Crippen LogP contribution in [0.25, 0.3) is 0 Å². The molecule has 0 saturated heterocycles. The fourth-order valence-corrected chi connectivity index (χ4v) is 3.18. The van der Waals surface area contributed by atoms with E-state index in [2.05, 4.69) is 59.8 Å². The van der Waals surface area contributed by atoms with Gasteiger partial charge in [-0.25, -0.2) is 0 Å². The van der Waals surface area contributed by atoms with Gasteiger partial charge in [0.2, 0.25) is 0 Å². The normalized spacial score (nSPS) is 22.4. The van der Waals surface area contributed by atoms with Crippen LogP contribution in [-0.2, 0) is 4.79 Å². The van der Waals surface area contributed by atoms with E-state index in [0.29, 0.717) is 5.92 Å². The first-order chi connectivity index (χ1) is 10.1. The average Bonchev–Trinajstić information content (AvgIpc) is 2.89. The summed E-state index contributed by atoms with van der Waals surface area (Å²) in [5.41, 5.74) is 3.46. The molecule has 0 aromatic heterocycles. The maximum absolute atomic E-state index is 12.6. The van der Waals surface area contributed by atoms with Gasteiger partial charge in [0.25, 0.3) is 0 Å². The fourth-order valence-electron chi connectivity index (χ4n) is 3.18. The second-order valence-corrected chi connectivity index (χ2v) is 7.69. The summed E-state index contributed by atoms with van der Waals surface area (Å²) >= 11 is 0. The second kappa shape index (κ2) is 5.91. The molecule has 120 valence electrons. The highest BCUT2D eigenvalue weighted by Gasteiger charge is 2.61. The molecule has 0 aliphatic heterocycles. The van der Waals surface area contributed by atoms with Gasteiger partial charge in [-0.15, -0.1) is 0 Å². The monoisotopic (exact) mass is 300 g/mol. The van der Waals surface area contributed by atoms with Gasteiger partial charge in [0.15, 0.2) is 0 Å². The van der Waals surface area contributed by atoms with Crippen molar-refractivity contribution < 1.29 is 9.53 Å². The summed E-state index contributed by atoms with van der Waals surface area (Å²) < 4.78 is 5.79. The molecule has 0 heterocycles. The van der Waals surface area contributed by atoms with Crippen LogP contribution < -0.4 is 4.74 Å². The molecule has 1 saturated carbocycles. The molecule has 0 spiro atoms. The van der Waals surface area contributed by atoms with Crippen molar-refractivity contribution in [2.75, 3.05) is 0 Å². The summed E-state index contributed by atoms with van der Waals surface area (Å²) in [6, 6.07) is 6.10. The highest BCUT2D eigenvalue weighted by Crippen LogP contribution is 2.59. The lowest BCUT2D eigenvalue weighted by Gasteiger charge is -2.14. The first kappa shape index (κ1) is 16.8. The van der Waals surface area contributed by atoms with Crippen molar-refractivity contribution in [3.8, 4) is 5.75 Å². The molecule has 0 bridgehead atoms. The van der Waals surface area contributed by atoms with E-state index in [1.807, 2.05) is 13.0 Å². The maximum Gasteiger partial charge on any atom is 0.315 e. The minimum atomic E-state index is -0.0972. The third kappa shape index (κ3) is 3.26. The zero-order chi connectivity index (χ0) is 16.7.